The number of esters is 1. The molecule has 0 saturated heterocycles. The van der Waals surface area contributed by atoms with Crippen molar-refractivity contribution in [3.05, 3.63) is 12.2 Å². The first-order valence-electron chi connectivity index (χ1n) is 4.30. The van der Waals surface area contributed by atoms with Crippen molar-refractivity contribution in [2.24, 2.45) is 0 Å². The lowest BCUT2D eigenvalue weighted by Crippen LogP contribution is -2.34. The molecule has 0 saturated carbocycles. The van der Waals surface area contributed by atoms with Crippen LogP contribution in [-0.2, 0) is 19.1 Å². The van der Waals surface area contributed by atoms with Gasteiger partial charge in [0.25, 0.3) is 0 Å². The quantitative estimate of drug-likeness (QED) is 0.525. The normalized spacial score (nSPS) is 26.3. The van der Waals surface area contributed by atoms with E-state index in [2.05, 4.69) is 0 Å². The Bertz CT molecular complexity index is 262. The largest absolute Gasteiger partial charge is 0.431 e. The summed E-state index contributed by atoms with van der Waals surface area (Å²) in [6.07, 6.45) is 2.01. The van der Waals surface area contributed by atoms with Crippen LogP contribution in [0.3, 0.4) is 0 Å². The van der Waals surface area contributed by atoms with Gasteiger partial charge in [-0.2, -0.15) is 0 Å². The van der Waals surface area contributed by atoms with Crippen LogP contribution < -0.4 is 0 Å². The average molecular weight is 219 g/mol. The molecule has 2 unspecified atom stereocenters. The van der Waals surface area contributed by atoms with Crippen LogP contribution in [-0.4, -0.2) is 30.0 Å². The van der Waals surface area contributed by atoms with Gasteiger partial charge in [0.15, 0.2) is 5.78 Å². The minimum atomic E-state index is -0.788. The Balaban J connectivity index is 2.53. The van der Waals surface area contributed by atoms with E-state index in [-0.39, 0.29) is 11.7 Å². The van der Waals surface area contributed by atoms with Crippen LogP contribution in [0.25, 0.3) is 0 Å². The van der Waals surface area contributed by atoms with Gasteiger partial charge in [-0.3, -0.25) is 9.59 Å². The molecule has 0 aliphatic carbocycles. The molecular weight excluding hydrogens is 208 g/mol. The molecule has 5 heteroatoms. The lowest BCUT2D eigenvalue weighted by atomic mass is 10.1. The fraction of sp³-hybridized carbons (Fsp3) is 0.556. The Hall–Kier alpha value is -0.870. The van der Waals surface area contributed by atoms with E-state index >= 15 is 0 Å². The first-order chi connectivity index (χ1) is 6.67. The SMILES string of the molecule is CCC1OC(OC(=O)CCl)C=CC1=O. The number of ether oxygens (including phenoxy) is 2. The molecule has 1 rings (SSSR count). The molecule has 14 heavy (non-hydrogen) atoms. The van der Waals surface area contributed by atoms with Crippen molar-refractivity contribution < 1.29 is 19.1 Å². The molecule has 0 aromatic heterocycles. The molecule has 4 nitrogen and oxygen atoms in total. The zero-order chi connectivity index (χ0) is 10.6. The summed E-state index contributed by atoms with van der Waals surface area (Å²) in [5.41, 5.74) is 0. The summed E-state index contributed by atoms with van der Waals surface area (Å²) in [4.78, 5) is 22.0. The van der Waals surface area contributed by atoms with E-state index in [4.69, 9.17) is 21.1 Å². The van der Waals surface area contributed by atoms with E-state index in [1.54, 1.807) is 0 Å². The van der Waals surface area contributed by atoms with Crippen LogP contribution >= 0.6 is 11.6 Å². The predicted molar refractivity (Wildman–Crippen MR) is 49.9 cm³/mol. The number of hydrogen-bond acceptors (Lipinski definition) is 4. The molecule has 1 heterocycles. The zero-order valence-electron chi connectivity index (χ0n) is 7.73. The Morgan fingerprint density at radius 1 is 1.71 bits per heavy atom. The van der Waals surface area contributed by atoms with Crippen molar-refractivity contribution in [3.63, 3.8) is 0 Å². The summed E-state index contributed by atoms with van der Waals surface area (Å²) in [7, 11) is 0. The Kier molecular flexibility index (Phi) is 4.10. The zero-order valence-corrected chi connectivity index (χ0v) is 8.49. The summed E-state index contributed by atoms with van der Waals surface area (Å²) in [5.74, 6) is -0.894. The van der Waals surface area contributed by atoms with Gasteiger partial charge < -0.3 is 9.47 Å². The van der Waals surface area contributed by atoms with Gasteiger partial charge in [-0.1, -0.05) is 6.92 Å². The Morgan fingerprint density at radius 3 is 3.00 bits per heavy atom. The monoisotopic (exact) mass is 218 g/mol. The Morgan fingerprint density at radius 2 is 2.43 bits per heavy atom. The van der Waals surface area contributed by atoms with Crippen LogP contribution in [0.2, 0.25) is 0 Å². The van der Waals surface area contributed by atoms with E-state index in [1.807, 2.05) is 6.92 Å². The van der Waals surface area contributed by atoms with Crippen molar-refractivity contribution >= 4 is 23.4 Å². The van der Waals surface area contributed by atoms with Crippen LogP contribution in [0.1, 0.15) is 13.3 Å². The van der Waals surface area contributed by atoms with Crippen LogP contribution in [0.4, 0.5) is 0 Å². The smallest absolute Gasteiger partial charge is 0.323 e. The second kappa shape index (κ2) is 5.12. The van der Waals surface area contributed by atoms with E-state index in [1.165, 1.54) is 12.2 Å². The summed E-state index contributed by atoms with van der Waals surface area (Å²) in [6.45, 7) is 1.82. The molecule has 78 valence electrons. The van der Waals surface area contributed by atoms with Crippen LogP contribution in [0, 0.1) is 0 Å². The number of carbonyl (C=O) groups is 2. The maximum atomic E-state index is 11.1. The molecule has 0 radical (unpaired) electrons. The molecule has 0 aromatic carbocycles. The fourth-order valence-electron chi connectivity index (χ4n) is 1.08. The second-order valence-corrected chi connectivity index (χ2v) is 3.05. The highest BCUT2D eigenvalue weighted by Crippen LogP contribution is 2.13. The molecule has 0 fully saturated rings. The van der Waals surface area contributed by atoms with Gasteiger partial charge in [-0.25, -0.2) is 0 Å². The average Bonchev–Trinajstić information content (AvgIpc) is 2.20. The third-order valence-electron chi connectivity index (χ3n) is 1.76. The maximum absolute atomic E-state index is 11.1. The minimum absolute atomic E-state index is 0.106. The van der Waals surface area contributed by atoms with Crippen molar-refractivity contribution in [1.29, 1.82) is 0 Å². The number of ketones is 1. The highest BCUT2D eigenvalue weighted by molar-refractivity contribution is 6.26. The molecule has 1 aliphatic rings. The first-order valence-corrected chi connectivity index (χ1v) is 4.83. The second-order valence-electron chi connectivity index (χ2n) is 2.79. The molecule has 2 atom stereocenters. The first kappa shape index (κ1) is 11.2. The molecule has 0 amide bonds. The maximum Gasteiger partial charge on any atom is 0.323 e. The van der Waals surface area contributed by atoms with Crippen LogP contribution in [0.15, 0.2) is 12.2 Å². The minimum Gasteiger partial charge on any atom is -0.431 e. The van der Waals surface area contributed by atoms with Crippen molar-refractivity contribution in [2.45, 2.75) is 25.7 Å². The number of hydrogen-bond donors (Lipinski definition) is 0. The number of halogens is 1. The summed E-state index contributed by atoms with van der Waals surface area (Å²) >= 11 is 5.25. The van der Waals surface area contributed by atoms with Gasteiger partial charge in [0.2, 0.25) is 6.29 Å². The van der Waals surface area contributed by atoms with Gasteiger partial charge in [0.1, 0.15) is 12.0 Å². The molecule has 1 aliphatic heterocycles. The van der Waals surface area contributed by atoms with E-state index in [0.29, 0.717) is 6.42 Å². The predicted octanol–water partition coefficient (Wildman–Crippen LogP) is 1.03. The van der Waals surface area contributed by atoms with Gasteiger partial charge in [0, 0.05) is 0 Å². The Labute approximate surface area is 86.8 Å². The molecule has 0 aromatic rings. The van der Waals surface area contributed by atoms with Gasteiger partial charge in [-0.15, -0.1) is 11.6 Å². The third-order valence-corrected chi connectivity index (χ3v) is 1.98. The van der Waals surface area contributed by atoms with E-state index < -0.39 is 18.4 Å². The van der Waals surface area contributed by atoms with E-state index in [9.17, 15) is 9.59 Å². The topological polar surface area (TPSA) is 52.6 Å². The third kappa shape index (κ3) is 2.82. The summed E-state index contributed by atoms with van der Waals surface area (Å²) < 4.78 is 9.97. The summed E-state index contributed by atoms with van der Waals surface area (Å²) in [5, 5.41) is 0. The van der Waals surface area contributed by atoms with Gasteiger partial charge in [-0.05, 0) is 18.6 Å². The van der Waals surface area contributed by atoms with Gasteiger partial charge in [0.05, 0.1) is 0 Å². The lowest BCUT2D eigenvalue weighted by molar-refractivity contribution is -0.179. The molecule has 0 N–H and O–H groups in total. The number of carbonyl (C=O) groups excluding carboxylic acids is 2. The molecular formula is C9H11ClO4. The van der Waals surface area contributed by atoms with Crippen molar-refractivity contribution in [2.75, 3.05) is 5.88 Å². The summed E-state index contributed by atoms with van der Waals surface area (Å²) in [6, 6.07) is 0. The highest BCUT2D eigenvalue weighted by atomic mass is 35.5. The standard InChI is InChI=1S/C9H11ClO4/c1-2-7-6(11)3-4-9(13-7)14-8(12)5-10/h3-4,7,9H,2,5H2,1H3. The molecule has 0 bridgehead atoms. The number of alkyl halides is 1. The van der Waals surface area contributed by atoms with E-state index in [0.717, 1.165) is 0 Å². The van der Waals surface area contributed by atoms with Gasteiger partial charge >= 0.3 is 5.97 Å². The molecule has 0 spiro atoms. The highest BCUT2D eigenvalue weighted by Gasteiger charge is 2.25. The number of rotatable bonds is 3. The van der Waals surface area contributed by atoms with Crippen LogP contribution in [0.5, 0.6) is 0 Å². The van der Waals surface area contributed by atoms with Crippen molar-refractivity contribution in [3.8, 4) is 0 Å². The fourth-order valence-corrected chi connectivity index (χ4v) is 1.14. The lowest BCUT2D eigenvalue weighted by Gasteiger charge is -2.23. The van der Waals surface area contributed by atoms with Crippen molar-refractivity contribution in [1.82, 2.24) is 0 Å².